The Balaban J connectivity index is 2.03. The van der Waals surface area contributed by atoms with Crippen LogP contribution in [-0.4, -0.2) is 17.1 Å². The predicted octanol–water partition coefficient (Wildman–Crippen LogP) is 2.84. The molecule has 1 amide bonds. The number of anilines is 1. The molecule has 1 N–H and O–H groups in total. The SMILES string of the molecule is CCCOc1cccn(CC(=O)Nc2ccc(CC)cc2)c1=O. The number of nitrogens with one attached hydrogen (secondary N) is 1. The van der Waals surface area contributed by atoms with Gasteiger partial charge >= 0.3 is 0 Å². The summed E-state index contributed by atoms with van der Waals surface area (Å²) in [5, 5.41) is 2.79. The monoisotopic (exact) mass is 314 g/mol. The summed E-state index contributed by atoms with van der Waals surface area (Å²) in [5.41, 5.74) is 1.64. The lowest BCUT2D eigenvalue weighted by atomic mass is 10.1. The van der Waals surface area contributed by atoms with E-state index in [4.69, 9.17) is 4.74 Å². The van der Waals surface area contributed by atoms with Crippen LogP contribution in [0.25, 0.3) is 0 Å². The number of hydrogen-bond donors (Lipinski definition) is 1. The van der Waals surface area contributed by atoms with Crippen LogP contribution in [0.3, 0.4) is 0 Å². The Kier molecular flexibility index (Phi) is 5.97. The minimum absolute atomic E-state index is 0.0440. The van der Waals surface area contributed by atoms with Gasteiger partial charge in [0.05, 0.1) is 6.61 Å². The first-order chi connectivity index (χ1) is 11.1. The lowest BCUT2D eigenvalue weighted by molar-refractivity contribution is -0.116. The first-order valence-corrected chi connectivity index (χ1v) is 7.85. The molecule has 0 unspecified atom stereocenters. The van der Waals surface area contributed by atoms with Crippen molar-refractivity contribution in [1.29, 1.82) is 0 Å². The van der Waals surface area contributed by atoms with Crippen molar-refractivity contribution in [2.45, 2.75) is 33.2 Å². The number of benzene rings is 1. The average Bonchev–Trinajstić information content (AvgIpc) is 2.56. The van der Waals surface area contributed by atoms with E-state index >= 15 is 0 Å². The summed E-state index contributed by atoms with van der Waals surface area (Å²) in [7, 11) is 0. The summed E-state index contributed by atoms with van der Waals surface area (Å²) in [6, 6.07) is 11.0. The third-order valence-electron chi connectivity index (χ3n) is 3.41. The van der Waals surface area contributed by atoms with Gasteiger partial charge < -0.3 is 14.6 Å². The lowest BCUT2D eigenvalue weighted by Gasteiger charge is -2.10. The highest BCUT2D eigenvalue weighted by Crippen LogP contribution is 2.10. The number of hydrogen-bond acceptors (Lipinski definition) is 3. The molecule has 0 spiro atoms. The Labute approximate surface area is 135 Å². The maximum absolute atomic E-state index is 12.2. The number of aryl methyl sites for hydroxylation is 1. The molecule has 0 radical (unpaired) electrons. The van der Waals surface area contributed by atoms with Crippen molar-refractivity contribution in [3.8, 4) is 5.75 Å². The van der Waals surface area contributed by atoms with Gasteiger partial charge in [-0.2, -0.15) is 0 Å². The average molecular weight is 314 g/mol. The van der Waals surface area contributed by atoms with Crippen LogP contribution in [0.2, 0.25) is 0 Å². The van der Waals surface area contributed by atoms with Gasteiger partial charge in [-0.25, -0.2) is 0 Å². The first kappa shape index (κ1) is 16.8. The third kappa shape index (κ3) is 4.71. The molecule has 1 aromatic heterocycles. The molecule has 0 aliphatic heterocycles. The molecule has 0 aliphatic rings. The fourth-order valence-corrected chi connectivity index (χ4v) is 2.14. The molecule has 0 saturated heterocycles. The highest BCUT2D eigenvalue weighted by atomic mass is 16.5. The summed E-state index contributed by atoms with van der Waals surface area (Å²) in [6.45, 7) is 4.49. The minimum atomic E-state index is -0.294. The molecule has 5 nitrogen and oxygen atoms in total. The number of carbonyl (C=O) groups excluding carboxylic acids is 1. The number of ether oxygens (including phenoxy) is 1. The van der Waals surface area contributed by atoms with Crippen molar-refractivity contribution in [3.63, 3.8) is 0 Å². The molecule has 2 rings (SSSR count). The van der Waals surface area contributed by atoms with Gasteiger partial charge in [-0.15, -0.1) is 0 Å². The number of carbonyl (C=O) groups is 1. The standard InChI is InChI=1S/C18H22N2O3/c1-3-12-23-16-6-5-11-20(18(16)22)13-17(21)19-15-9-7-14(4-2)8-10-15/h5-11H,3-4,12-13H2,1-2H3,(H,19,21). The van der Waals surface area contributed by atoms with Crippen LogP contribution in [-0.2, 0) is 17.8 Å². The zero-order chi connectivity index (χ0) is 16.7. The molecular formula is C18H22N2O3. The predicted molar refractivity (Wildman–Crippen MR) is 90.9 cm³/mol. The van der Waals surface area contributed by atoms with E-state index in [2.05, 4.69) is 12.2 Å². The van der Waals surface area contributed by atoms with Gasteiger partial charge in [0.25, 0.3) is 5.56 Å². The van der Waals surface area contributed by atoms with Crippen molar-refractivity contribution in [3.05, 3.63) is 58.5 Å². The van der Waals surface area contributed by atoms with E-state index in [-0.39, 0.29) is 23.8 Å². The fraction of sp³-hybridized carbons (Fsp3) is 0.333. The van der Waals surface area contributed by atoms with Crippen molar-refractivity contribution in [1.82, 2.24) is 4.57 Å². The van der Waals surface area contributed by atoms with Crippen molar-refractivity contribution < 1.29 is 9.53 Å². The van der Waals surface area contributed by atoms with Gasteiger partial charge in [0.1, 0.15) is 6.54 Å². The second kappa shape index (κ2) is 8.17. The van der Waals surface area contributed by atoms with Gasteiger partial charge in [0, 0.05) is 11.9 Å². The van der Waals surface area contributed by atoms with Gasteiger partial charge in [-0.3, -0.25) is 9.59 Å². The number of amides is 1. The van der Waals surface area contributed by atoms with E-state index in [0.29, 0.717) is 6.61 Å². The second-order valence-electron chi connectivity index (χ2n) is 5.25. The van der Waals surface area contributed by atoms with Gasteiger partial charge in [0.15, 0.2) is 5.75 Å². The molecule has 2 aromatic rings. The molecule has 0 saturated carbocycles. The van der Waals surface area contributed by atoms with E-state index in [1.165, 1.54) is 10.1 Å². The lowest BCUT2D eigenvalue weighted by Crippen LogP contribution is -2.28. The smallest absolute Gasteiger partial charge is 0.293 e. The summed E-state index contributed by atoms with van der Waals surface area (Å²) in [4.78, 5) is 24.3. The Morgan fingerprint density at radius 2 is 1.91 bits per heavy atom. The van der Waals surface area contributed by atoms with Crippen LogP contribution in [0.5, 0.6) is 5.75 Å². The van der Waals surface area contributed by atoms with Crippen LogP contribution >= 0.6 is 0 Å². The molecule has 0 aliphatic carbocycles. The summed E-state index contributed by atoms with van der Waals surface area (Å²) < 4.78 is 6.73. The second-order valence-corrected chi connectivity index (χ2v) is 5.25. The van der Waals surface area contributed by atoms with Crippen molar-refractivity contribution in [2.24, 2.45) is 0 Å². The van der Waals surface area contributed by atoms with Crippen LogP contribution in [0.1, 0.15) is 25.8 Å². The van der Waals surface area contributed by atoms with Crippen LogP contribution in [0, 0.1) is 0 Å². The van der Waals surface area contributed by atoms with Crippen molar-refractivity contribution >= 4 is 11.6 Å². The van der Waals surface area contributed by atoms with E-state index in [9.17, 15) is 9.59 Å². The van der Waals surface area contributed by atoms with Crippen LogP contribution < -0.4 is 15.6 Å². The molecule has 5 heteroatoms. The normalized spacial score (nSPS) is 10.3. The molecule has 122 valence electrons. The Morgan fingerprint density at radius 3 is 2.57 bits per heavy atom. The number of pyridine rings is 1. The first-order valence-electron chi connectivity index (χ1n) is 7.85. The largest absolute Gasteiger partial charge is 0.488 e. The third-order valence-corrected chi connectivity index (χ3v) is 3.41. The molecule has 0 fully saturated rings. The van der Waals surface area contributed by atoms with Gasteiger partial charge in [-0.05, 0) is 42.7 Å². The molecule has 1 heterocycles. The van der Waals surface area contributed by atoms with E-state index in [1.54, 1.807) is 18.3 Å². The molecule has 0 bridgehead atoms. The molecule has 1 aromatic carbocycles. The fourth-order valence-electron chi connectivity index (χ4n) is 2.14. The summed E-state index contributed by atoms with van der Waals surface area (Å²) in [6.07, 6.45) is 3.36. The van der Waals surface area contributed by atoms with Crippen LogP contribution in [0.4, 0.5) is 5.69 Å². The maximum Gasteiger partial charge on any atom is 0.293 e. The molecule has 23 heavy (non-hydrogen) atoms. The van der Waals surface area contributed by atoms with Crippen molar-refractivity contribution in [2.75, 3.05) is 11.9 Å². The zero-order valence-electron chi connectivity index (χ0n) is 13.5. The van der Waals surface area contributed by atoms with Crippen LogP contribution in [0.15, 0.2) is 47.4 Å². The van der Waals surface area contributed by atoms with E-state index in [0.717, 1.165) is 18.5 Å². The Morgan fingerprint density at radius 1 is 1.17 bits per heavy atom. The Bertz CT molecular complexity index is 705. The Hall–Kier alpha value is -2.56. The number of aromatic nitrogens is 1. The van der Waals surface area contributed by atoms with E-state index < -0.39 is 0 Å². The van der Waals surface area contributed by atoms with Gasteiger partial charge in [-0.1, -0.05) is 26.0 Å². The minimum Gasteiger partial charge on any atom is -0.488 e. The highest BCUT2D eigenvalue weighted by Gasteiger charge is 2.08. The molecule has 0 atom stereocenters. The quantitative estimate of drug-likeness (QED) is 0.855. The maximum atomic E-state index is 12.2. The summed E-state index contributed by atoms with van der Waals surface area (Å²) >= 11 is 0. The number of rotatable bonds is 7. The highest BCUT2D eigenvalue weighted by molar-refractivity contribution is 5.90. The van der Waals surface area contributed by atoms with E-state index in [1.807, 2.05) is 31.2 Å². The zero-order valence-corrected chi connectivity index (χ0v) is 13.5. The topological polar surface area (TPSA) is 60.3 Å². The number of nitrogens with zero attached hydrogens (tertiary/aromatic N) is 1. The molecular weight excluding hydrogens is 292 g/mol. The summed E-state index contributed by atoms with van der Waals surface area (Å²) in [5.74, 6) is 0.0263. The van der Waals surface area contributed by atoms with Gasteiger partial charge in [0.2, 0.25) is 5.91 Å².